The van der Waals surface area contributed by atoms with Crippen LogP contribution in [0.25, 0.3) is 0 Å². The van der Waals surface area contributed by atoms with E-state index in [9.17, 15) is 9.59 Å². The topological polar surface area (TPSA) is 105 Å². The maximum atomic E-state index is 11.6. The summed E-state index contributed by atoms with van der Waals surface area (Å²) in [4.78, 5) is 22.3. The third kappa shape index (κ3) is 4.96. The Balaban J connectivity index is 2.59. The highest BCUT2D eigenvalue weighted by molar-refractivity contribution is 5.83. The van der Waals surface area contributed by atoms with E-state index in [4.69, 9.17) is 19.7 Å². The fourth-order valence-corrected chi connectivity index (χ4v) is 1.75. The predicted molar refractivity (Wildman–Crippen MR) is 74.5 cm³/mol. The predicted octanol–water partition coefficient (Wildman–Crippen LogP) is 0.198. The van der Waals surface area contributed by atoms with Gasteiger partial charge >= 0.3 is 5.97 Å². The van der Waals surface area contributed by atoms with Crippen molar-refractivity contribution in [1.29, 1.82) is 0 Å². The Bertz CT molecular complexity index is 502. The summed E-state index contributed by atoms with van der Waals surface area (Å²) in [7, 11) is 3.05. The normalized spacial score (nSPS) is 11.6. The van der Waals surface area contributed by atoms with Crippen molar-refractivity contribution in [2.75, 3.05) is 20.8 Å². The molecule has 0 saturated carbocycles. The van der Waals surface area contributed by atoms with Crippen LogP contribution in [0.3, 0.4) is 0 Å². The molecule has 116 valence electrons. The van der Waals surface area contributed by atoms with Gasteiger partial charge in [0.15, 0.2) is 11.5 Å². The zero-order chi connectivity index (χ0) is 15.8. The molecule has 1 aromatic carbocycles. The van der Waals surface area contributed by atoms with Gasteiger partial charge in [-0.3, -0.25) is 4.79 Å². The fourth-order valence-electron chi connectivity index (χ4n) is 1.75. The number of carboxylic acids is 1. The summed E-state index contributed by atoms with van der Waals surface area (Å²) in [6.45, 7) is -0.641. The van der Waals surface area contributed by atoms with Gasteiger partial charge in [0.1, 0.15) is 6.04 Å². The lowest BCUT2D eigenvalue weighted by Gasteiger charge is -2.12. The number of hydrogen-bond acceptors (Lipinski definition) is 5. The molecule has 1 amide bonds. The zero-order valence-corrected chi connectivity index (χ0v) is 12.0. The molecule has 0 aromatic heterocycles. The van der Waals surface area contributed by atoms with Crippen molar-refractivity contribution in [2.45, 2.75) is 18.9 Å². The van der Waals surface area contributed by atoms with Crippen LogP contribution in [0.4, 0.5) is 0 Å². The number of rotatable bonds is 8. The first-order chi connectivity index (χ1) is 10.0. The van der Waals surface area contributed by atoms with Crippen molar-refractivity contribution in [1.82, 2.24) is 5.32 Å². The van der Waals surface area contributed by atoms with Gasteiger partial charge in [-0.2, -0.15) is 0 Å². The van der Waals surface area contributed by atoms with E-state index in [0.717, 1.165) is 5.56 Å². The van der Waals surface area contributed by atoms with Crippen LogP contribution in [-0.2, 0) is 16.0 Å². The summed E-state index contributed by atoms with van der Waals surface area (Å²) in [5, 5.41) is 19.8. The monoisotopic (exact) mass is 297 g/mol. The van der Waals surface area contributed by atoms with E-state index in [1.165, 1.54) is 14.2 Å². The number of hydrogen-bond donors (Lipinski definition) is 3. The Morgan fingerprint density at radius 3 is 2.43 bits per heavy atom. The van der Waals surface area contributed by atoms with Gasteiger partial charge in [-0.05, 0) is 24.1 Å². The summed E-state index contributed by atoms with van der Waals surface area (Å²) >= 11 is 0. The number of benzene rings is 1. The first-order valence-electron chi connectivity index (χ1n) is 6.35. The Hall–Kier alpha value is -2.28. The second-order valence-corrected chi connectivity index (χ2v) is 4.33. The molecule has 0 aliphatic carbocycles. The van der Waals surface area contributed by atoms with Gasteiger partial charge in [-0.1, -0.05) is 6.07 Å². The summed E-state index contributed by atoms with van der Waals surface area (Å²) in [5.74, 6) is -0.547. The number of aliphatic hydroxyl groups excluding tert-OH is 1. The van der Waals surface area contributed by atoms with Crippen molar-refractivity contribution in [3.63, 3.8) is 0 Å². The van der Waals surface area contributed by atoms with Crippen LogP contribution < -0.4 is 14.8 Å². The number of nitrogens with one attached hydrogen (secondary N) is 1. The lowest BCUT2D eigenvalue weighted by molar-refractivity contribution is -0.142. The van der Waals surface area contributed by atoms with E-state index in [2.05, 4.69) is 5.32 Å². The van der Waals surface area contributed by atoms with Gasteiger partial charge in [0.2, 0.25) is 5.91 Å². The molecule has 1 aromatic rings. The van der Waals surface area contributed by atoms with Crippen molar-refractivity contribution < 1.29 is 29.3 Å². The summed E-state index contributed by atoms with van der Waals surface area (Å²) in [6.07, 6.45) is 0.531. The van der Waals surface area contributed by atoms with Crippen LogP contribution in [0.1, 0.15) is 12.0 Å². The number of aryl methyl sites for hydroxylation is 1. The summed E-state index contributed by atoms with van der Waals surface area (Å²) in [6, 6.07) is 4.02. The maximum Gasteiger partial charge on any atom is 0.328 e. The van der Waals surface area contributed by atoms with Crippen LogP contribution in [-0.4, -0.2) is 49.0 Å². The Morgan fingerprint density at radius 2 is 1.90 bits per heavy atom. The Morgan fingerprint density at radius 1 is 1.24 bits per heavy atom. The first-order valence-corrected chi connectivity index (χ1v) is 6.35. The average Bonchev–Trinajstić information content (AvgIpc) is 2.49. The minimum Gasteiger partial charge on any atom is -0.493 e. The molecular formula is C14H19NO6. The second kappa shape index (κ2) is 8.11. The van der Waals surface area contributed by atoms with Gasteiger partial charge in [-0.15, -0.1) is 0 Å². The SMILES string of the molecule is COc1ccc(CCC(=O)NC(CO)C(=O)O)cc1OC. The highest BCUT2D eigenvalue weighted by atomic mass is 16.5. The largest absolute Gasteiger partial charge is 0.493 e. The first kappa shape index (κ1) is 16.8. The van der Waals surface area contributed by atoms with Gasteiger partial charge in [0.25, 0.3) is 0 Å². The number of carbonyl (C=O) groups excluding carboxylic acids is 1. The number of aliphatic carboxylic acids is 1. The third-order valence-electron chi connectivity index (χ3n) is 2.90. The van der Waals surface area contributed by atoms with Gasteiger partial charge < -0.3 is 25.0 Å². The van der Waals surface area contributed by atoms with Crippen LogP contribution in [0.5, 0.6) is 11.5 Å². The van der Waals surface area contributed by atoms with Gasteiger partial charge in [-0.25, -0.2) is 4.79 Å². The zero-order valence-electron chi connectivity index (χ0n) is 12.0. The molecule has 0 radical (unpaired) electrons. The van der Waals surface area contributed by atoms with Crippen LogP contribution >= 0.6 is 0 Å². The van der Waals surface area contributed by atoms with Crippen molar-refractivity contribution >= 4 is 11.9 Å². The standard InChI is InChI=1S/C14H19NO6/c1-20-11-5-3-9(7-12(11)21-2)4-6-13(17)15-10(8-16)14(18)19/h3,5,7,10,16H,4,6,8H2,1-2H3,(H,15,17)(H,18,19). The van der Waals surface area contributed by atoms with E-state index >= 15 is 0 Å². The van der Waals surface area contributed by atoms with Crippen molar-refractivity contribution in [3.05, 3.63) is 23.8 Å². The lowest BCUT2D eigenvalue weighted by atomic mass is 10.1. The average molecular weight is 297 g/mol. The minimum atomic E-state index is -1.28. The maximum absolute atomic E-state index is 11.6. The molecule has 7 nitrogen and oxygen atoms in total. The molecule has 0 fully saturated rings. The van der Waals surface area contributed by atoms with E-state index in [1.54, 1.807) is 18.2 Å². The molecule has 0 heterocycles. The van der Waals surface area contributed by atoms with E-state index in [-0.39, 0.29) is 6.42 Å². The van der Waals surface area contributed by atoms with Crippen molar-refractivity contribution in [2.24, 2.45) is 0 Å². The molecule has 21 heavy (non-hydrogen) atoms. The molecule has 1 unspecified atom stereocenters. The van der Waals surface area contributed by atoms with Gasteiger partial charge in [0, 0.05) is 6.42 Å². The number of carbonyl (C=O) groups is 2. The quantitative estimate of drug-likeness (QED) is 0.633. The fraction of sp³-hybridized carbons (Fsp3) is 0.429. The van der Waals surface area contributed by atoms with Gasteiger partial charge in [0.05, 0.1) is 20.8 Å². The Kier molecular flexibility index (Phi) is 6.48. The van der Waals surface area contributed by atoms with E-state index < -0.39 is 24.5 Å². The van der Waals surface area contributed by atoms with E-state index in [0.29, 0.717) is 17.9 Å². The lowest BCUT2D eigenvalue weighted by Crippen LogP contribution is -2.43. The molecule has 0 aliphatic heterocycles. The molecular weight excluding hydrogens is 278 g/mol. The van der Waals surface area contributed by atoms with Crippen LogP contribution in [0, 0.1) is 0 Å². The highest BCUT2D eigenvalue weighted by Crippen LogP contribution is 2.27. The highest BCUT2D eigenvalue weighted by Gasteiger charge is 2.18. The number of carboxylic acid groups (broad SMARTS) is 1. The Labute approximate surface area is 122 Å². The summed E-state index contributed by atoms with van der Waals surface area (Å²) < 4.78 is 10.3. The number of ether oxygens (including phenoxy) is 2. The molecule has 3 N–H and O–H groups in total. The number of methoxy groups -OCH3 is 2. The molecule has 0 bridgehead atoms. The van der Waals surface area contributed by atoms with E-state index in [1.807, 2.05) is 0 Å². The molecule has 7 heteroatoms. The molecule has 0 saturated heterocycles. The van der Waals surface area contributed by atoms with Crippen LogP contribution in [0.2, 0.25) is 0 Å². The molecule has 0 aliphatic rings. The molecule has 1 rings (SSSR count). The van der Waals surface area contributed by atoms with Crippen molar-refractivity contribution in [3.8, 4) is 11.5 Å². The minimum absolute atomic E-state index is 0.110. The summed E-state index contributed by atoms with van der Waals surface area (Å²) in [5.41, 5.74) is 0.860. The smallest absolute Gasteiger partial charge is 0.328 e. The number of amides is 1. The second-order valence-electron chi connectivity index (χ2n) is 4.33. The number of aliphatic hydroxyl groups is 1. The third-order valence-corrected chi connectivity index (χ3v) is 2.90. The van der Waals surface area contributed by atoms with Crippen LogP contribution in [0.15, 0.2) is 18.2 Å². The molecule has 0 spiro atoms. The molecule has 1 atom stereocenters.